The maximum atomic E-state index is 6.44. The number of fused-ring (bicyclic) bond motifs is 4. The smallest absolute Gasteiger partial charge is 0.154 e. The lowest BCUT2D eigenvalue weighted by atomic mass is 10.0. The second kappa shape index (κ2) is 11.3. The summed E-state index contributed by atoms with van der Waals surface area (Å²) in [5.41, 5.74) is 15.1. The van der Waals surface area contributed by atoms with Gasteiger partial charge in [-0.2, -0.15) is 0 Å². The Bertz CT molecular complexity index is 2270. The fraction of sp³-hybridized carbons (Fsp3) is 0.0244. The Morgan fingerprint density at radius 3 is 2.00 bits per heavy atom. The van der Waals surface area contributed by atoms with Crippen molar-refractivity contribution in [1.29, 1.82) is 0 Å². The number of benzene rings is 7. The number of nitrogens with zero attached hydrogens (tertiary/aromatic N) is 1. The molecule has 0 unspecified atom stereocenters. The molecule has 8 rings (SSSR count). The number of ether oxygens (including phenoxy) is 1. The normalized spacial score (nSPS) is 11.3. The molecule has 2 N–H and O–H groups in total. The number of furan rings is 1. The minimum atomic E-state index is 0.423. The maximum absolute atomic E-state index is 6.44. The highest BCUT2D eigenvalue weighted by Gasteiger charge is 2.19. The first-order valence-corrected chi connectivity index (χ1v) is 15.1. The van der Waals surface area contributed by atoms with Gasteiger partial charge in [0.2, 0.25) is 0 Å². The lowest BCUT2D eigenvalue weighted by Crippen LogP contribution is -2.09. The molecule has 0 saturated carbocycles. The van der Waals surface area contributed by atoms with Crippen molar-refractivity contribution in [2.24, 2.45) is 0 Å². The average Bonchev–Trinajstić information content (AvgIpc) is 3.47. The van der Waals surface area contributed by atoms with Gasteiger partial charge in [-0.1, -0.05) is 97.1 Å². The number of nitrogen functional groups attached to an aromatic ring is 1. The predicted octanol–water partition coefficient (Wildman–Crippen LogP) is 11.0. The number of hydrogen-bond acceptors (Lipinski definition) is 4. The van der Waals surface area contributed by atoms with E-state index in [4.69, 9.17) is 14.9 Å². The molecular formula is C41H30N2O2. The summed E-state index contributed by atoms with van der Waals surface area (Å²) >= 11 is 0. The van der Waals surface area contributed by atoms with Crippen LogP contribution in [0.4, 0.5) is 22.7 Å². The van der Waals surface area contributed by atoms with Crippen LogP contribution in [0.3, 0.4) is 0 Å². The second-order valence-electron chi connectivity index (χ2n) is 11.2. The minimum absolute atomic E-state index is 0.423. The molecule has 216 valence electrons. The number of para-hydroxylation sites is 1. The van der Waals surface area contributed by atoms with Crippen molar-refractivity contribution in [3.63, 3.8) is 0 Å². The summed E-state index contributed by atoms with van der Waals surface area (Å²) in [4.78, 5) is 2.25. The Labute approximate surface area is 261 Å². The van der Waals surface area contributed by atoms with Gasteiger partial charge in [0.1, 0.15) is 17.8 Å². The number of hydrogen-bond donors (Lipinski definition) is 1. The predicted molar refractivity (Wildman–Crippen MR) is 187 cm³/mol. The molecule has 45 heavy (non-hydrogen) atoms. The molecule has 1 aromatic heterocycles. The van der Waals surface area contributed by atoms with Gasteiger partial charge in [-0.25, -0.2) is 0 Å². The Kier molecular flexibility index (Phi) is 6.65. The van der Waals surface area contributed by atoms with Crippen LogP contribution in [0.15, 0.2) is 162 Å². The molecule has 0 amide bonds. The molecule has 0 fully saturated rings. The van der Waals surface area contributed by atoms with Crippen molar-refractivity contribution in [2.75, 3.05) is 10.6 Å². The van der Waals surface area contributed by atoms with E-state index in [1.165, 1.54) is 21.9 Å². The molecule has 0 saturated heterocycles. The Morgan fingerprint density at radius 2 is 1.20 bits per heavy atom. The Hall–Kier alpha value is -6.00. The summed E-state index contributed by atoms with van der Waals surface area (Å²) in [5, 5.41) is 4.33. The largest absolute Gasteiger partial charge is 0.486 e. The van der Waals surface area contributed by atoms with E-state index in [1.807, 2.05) is 48.5 Å². The average molecular weight is 583 g/mol. The van der Waals surface area contributed by atoms with Gasteiger partial charge in [-0.15, -0.1) is 0 Å². The van der Waals surface area contributed by atoms with Crippen LogP contribution in [0.25, 0.3) is 43.8 Å². The molecule has 0 aliphatic carbocycles. The second-order valence-corrected chi connectivity index (χ2v) is 11.2. The topological polar surface area (TPSA) is 51.6 Å². The third kappa shape index (κ3) is 5.02. The first-order valence-electron chi connectivity index (χ1n) is 15.1. The van der Waals surface area contributed by atoms with E-state index in [0.29, 0.717) is 18.0 Å². The van der Waals surface area contributed by atoms with Crippen molar-refractivity contribution >= 4 is 55.5 Å². The maximum Gasteiger partial charge on any atom is 0.154 e. The first kappa shape index (κ1) is 26.6. The molecule has 0 atom stereocenters. The van der Waals surface area contributed by atoms with Crippen molar-refractivity contribution in [1.82, 2.24) is 0 Å². The van der Waals surface area contributed by atoms with Crippen LogP contribution in [-0.4, -0.2) is 0 Å². The summed E-state index contributed by atoms with van der Waals surface area (Å²) < 4.78 is 12.7. The SMILES string of the molecule is Nc1ccc2oc3cc(N(c4ccccc4)c4ccc(-c5ccc6ccccc6c5)cc4)ccc3c2c1OCc1ccccc1. The van der Waals surface area contributed by atoms with E-state index >= 15 is 0 Å². The van der Waals surface area contributed by atoms with Crippen molar-refractivity contribution in [3.8, 4) is 16.9 Å². The third-order valence-corrected chi connectivity index (χ3v) is 8.31. The number of rotatable bonds is 7. The highest BCUT2D eigenvalue weighted by atomic mass is 16.5. The molecule has 8 aromatic rings. The standard InChI is InChI=1S/C41H30N2O2/c42-37-23-24-38-40(41(37)44-27-28-9-3-1-4-10-28)36-22-21-35(26-39(36)45-38)43(33-13-5-2-6-14-33)34-19-17-30(18-20-34)32-16-15-29-11-7-8-12-31(29)25-32/h1-26H,27,42H2. The van der Waals surface area contributed by atoms with Gasteiger partial charge in [0.25, 0.3) is 0 Å². The molecule has 0 aliphatic rings. The number of anilines is 4. The summed E-state index contributed by atoms with van der Waals surface area (Å²) in [6.45, 7) is 0.423. The van der Waals surface area contributed by atoms with Gasteiger partial charge >= 0.3 is 0 Å². The van der Waals surface area contributed by atoms with Crippen LogP contribution >= 0.6 is 0 Å². The monoisotopic (exact) mass is 582 g/mol. The van der Waals surface area contributed by atoms with Gasteiger partial charge in [0, 0.05) is 28.5 Å². The van der Waals surface area contributed by atoms with Crippen LogP contribution in [0, 0.1) is 0 Å². The molecule has 0 radical (unpaired) electrons. The van der Waals surface area contributed by atoms with E-state index in [1.54, 1.807) is 0 Å². The molecule has 0 spiro atoms. The summed E-state index contributed by atoms with van der Waals surface area (Å²) in [5.74, 6) is 0.645. The molecule has 1 heterocycles. The van der Waals surface area contributed by atoms with Crippen LogP contribution in [0.1, 0.15) is 5.56 Å². The zero-order chi connectivity index (χ0) is 30.2. The van der Waals surface area contributed by atoms with Gasteiger partial charge < -0.3 is 19.8 Å². The van der Waals surface area contributed by atoms with Gasteiger partial charge in [0.05, 0.1) is 11.1 Å². The zero-order valence-electron chi connectivity index (χ0n) is 24.6. The molecule has 7 aromatic carbocycles. The van der Waals surface area contributed by atoms with Gasteiger partial charge in [-0.3, -0.25) is 0 Å². The first-order chi connectivity index (χ1) is 22.2. The fourth-order valence-corrected chi connectivity index (χ4v) is 6.06. The van der Waals surface area contributed by atoms with Crippen LogP contribution < -0.4 is 15.4 Å². The highest BCUT2D eigenvalue weighted by Crippen LogP contribution is 2.43. The van der Waals surface area contributed by atoms with Crippen molar-refractivity contribution in [3.05, 3.63) is 163 Å². The fourth-order valence-electron chi connectivity index (χ4n) is 6.06. The third-order valence-electron chi connectivity index (χ3n) is 8.31. The van der Waals surface area contributed by atoms with Crippen molar-refractivity contribution in [2.45, 2.75) is 6.61 Å². The quantitative estimate of drug-likeness (QED) is 0.190. The number of nitrogens with two attached hydrogens (primary N) is 1. The summed E-state index contributed by atoms with van der Waals surface area (Å²) in [6, 6.07) is 54.4. The van der Waals surface area contributed by atoms with Crippen molar-refractivity contribution < 1.29 is 9.15 Å². The molecule has 4 heteroatoms. The zero-order valence-corrected chi connectivity index (χ0v) is 24.6. The molecule has 0 aliphatic heterocycles. The molecular weight excluding hydrogens is 552 g/mol. The van der Waals surface area contributed by atoms with E-state index in [0.717, 1.165) is 44.6 Å². The molecule has 0 bridgehead atoms. The van der Waals surface area contributed by atoms with E-state index in [2.05, 4.69) is 114 Å². The Balaban J connectivity index is 1.18. The highest BCUT2D eigenvalue weighted by molar-refractivity contribution is 6.11. The van der Waals surface area contributed by atoms with E-state index < -0.39 is 0 Å². The van der Waals surface area contributed by atoms with E-state index in [-0.39, 0.29) is 0 Å². The van der Waals surface area contributed by atoms with Crippen LogP contribution in [0.2, 0.25) is 0 Å². The summed E-state index contributed by atoms with van der Waals surface area (Å²) in [7, 11) is 0. The Morgan fingerprint density at radius 1 is 0.533 bits per heavy atom. The lowest BCUT2D eigenvalue weighted by Gasteiger charge is -2.25. The van der Waals surface area contributed by atoms with Crippen LogP contribution in [0.5, 0.6) is 5.75 Å². The summed E-state index contributed by atoms with van der Waals surface area (Å²) in [6.07, 6.45) is 0. The molecule has 4 nitrogen and oxygen atoms in total. The van der Waals surface area contributed by atoms with Crippen LogP contribution in [-0.2, 0) is 6.61 Å². The van der Waals surface area contributed by atoms with E-state index in [9.17, 15) is 0 Å². The minimum Gasteiger partial charge on any atom is -0.486 e. The van der Waals surface area contributed by atoms with Gasteiger partial charge in [-0.05, 0) is 82.1 Å². The van der Waals surface area contributed by atoms with Gasteiger partial charge in [0.15, 0.2) is 5.75 Å². The lowest BCUT2D eigenvalue weighted by molar-refractivity contribution is 0.312.